The molecule has 1 aromatic heterocycles. The number of fused-ring (bicyclic) bond motifs is 1. The van der Waals surface area contributed by atoms with Gasteiger partial charge in [0, 0.05) is 12.4 Å². The number of amides is 1. The molecule has 0 saturated heterocycles. The first-order valence-corrected chi connectivity index (χ1v) is 8.14. The summed E-state index contributed by atoms with van der Waals surface area (Å²) < 4.78 is 27.5. The van der Waals surface area contributed by atoms with Crippen LogP contribution in [0.3, 0.4) is 0 Å². The highest BCUT2D eigenvalue weighted by atomic mass is 32.2. The van der Waals surface area contributed by atoms with E-state index in [-0.39, 0.29) is 11.7 Å². The molecule has 0 unspecified atom stereocenters. The van der Waals surface area contributed by atoms with Gasteiger partial charge >= 0.3 is 0 Å². The van der Waals surface area contributed by atoms with Crippen LogP contribution >= 0.6 is 0 Å². The topological polar surface area (TPSA) is 147 Å². The van der Waals surface area contributed by atoms with E-state index in [9.17, 15) is 18.3 Å². The minimum absolute atomic E-state index is 0.143. The second kappa shape index (κ2) is 7.11. The SMILES string of the molecule is CS(=O)(=O)O.Cc1ccc(O)c2c1cc(C(=O)NC=NN)n2C. The molecule has 0 radical (unpaired) electrons. The lowest BCUT2D eigenvalue weighted by Crippen LogP contribution is -2.24. The van der Waals surface area contributed by atoms with Crippen LogP contribution < -0.4 is 11.2 Å². The van der Waals surface area contributed by atoms with Gasteiger partial charge in [-0.1, -0.05) is 6.07 Å². The Morgan fingerprint density at radius 1 is 1.43 bits per heavy atom. The van der Waals surface area contributed by atoms with Crippen LogP contribution in [0, 0.1) is 6.92 Å². The van der Waals surface area contributed by atoms with E-state index in [0.29, 0.717) is 17.5 Å². The monoisotopic (exact) mass is 342 g/mol. The number of nitrogens with one attached hydrogen (secondary N) is 1. The van der Waals surface area contributed by atoms with Crippen LogP contribution in [0.5, 0.6) is 5.75 Å². The molecule has 0 aliphatic heterocycles. The molecule has 2 aromatic rings. The molecule has 23 heavy (non-hydrogen) atoms. The fourth-order valence-corrected chi connectivity index (χ4v) is 1.97. The number of benzene rings is 1. The first-order valence-electron chi connectivity index (χ1n) is 6.29. The van der Waals surface area contributed by atoms with E-state index >= 15 is 0 Å². The Kier molecular flexibility index (Phi) is 5.71. The van der Waals surface area contributed by atoms with Gasteiger partial charge in [-0.15, -0.1) is 0 Å². The molecule has 1 aromatic carbocycles. The molecule has 5 N–H and O–H groups in total. The Balaban J connectivity index is 0.000000463. The van der Waals surface area contributed by atoms with Gasteiger partial charge in [-0.05, 0) is 24.6 Å². The van der Waals surface area contributed by atoms with E-state index in [4.69, 9.17) is 10.4 Å². The van der Waals surface area contributed by atoms with Crippen LogP contribution in [0.1, 0.15) is 16.1 Å². The van der Waals surface area contributed by atoms with Gasteiger partial charge < -0.3 is 20.8 Å². The third kappa shape index (κ3) is 4.97. The maximum Gasteiger partial charge on any atom is 0.273 e. The molecule has 0 bridgehead atoms. The molecule has 2 rings (SSSR count). The van der Waals surface area contributed by atoms with E-state index in [1.807, 2.05) is 6.92 Å². The Hall–Kier alpha value is -2.59. The molecule has 1 heterocycles. The molecule has 10 heteroatoms. The van der Waals surface area contributed by atoms with Crippen molar-refractivity contribution in [2.24, 2.45) is 18.0 Å². The summed E-state index contributed by atoms with van der Waals surface area (Å²) >= 11 is 0. The van der Waals surface area contributed by atoms with Gasteiger partial charge in [0.25, 0.3) is 16.0 Å². The summed E-state index contributed by atoms with van der Waals surface area (Å²) in [4.78, 5) is 11.9. The van der Waals surface area contributed by atoms with Crippen molar-refractivity contribution < 1.29 is 22.9 Å². The number of carbonyl (C=O) groups is 1. The van der Waals surface area contributed by atoms with Crippen LogP contribution in [0.15, 0.2) is 23.3 Å². The fraction of sp³-hybridized carbons (Fsp3) is 0.231. The van der Waals surface area contributed by atoms with E-state index < -0.39 is 10.1 Å². The maximum atomic E-state index is 11.9. The summed E-state index contributed by atoms with van der Waals surface area (Å²) in [5, 5.41) is 16.3. The summed E-state index contributed by atoms with van der Waals surface area (Å²) in [5.41, 5.74) is 2.05. The summed E-state index contributed by atoms with van der Waals surface area (Å²) in [6.45, 7) is 1.92. The van der Waals surface area contributed by atoms with Crippen LogP contribution in [0.4, 0.5) is 0 Å². The van der Waals surface area contributed by atoms with Crippen molar-refractivity contribution in [1.82, 2.24) is 9.88 Å². The number of aromatic hydroxyl groups is 1. The van der Waals surface area contributed by atoms with E-state index in [2.05, 4.69) is 10.4 Å². The van der Waals surface area contributed by atoms with Crippen molar-refractivity contribution in [1.29, 1.82) is 0 Å². The number of phenols is 1. The van der Waals surface area contributed by atoms with Crippen molar-refractivity contribution in [3.63, 3.8) is 0 Å². The number of nitrogens with two attached hydrogens (primary N) is 1. The number of rotatable bonds is 2. The van der Waals surface area contributed by atoms with Crippen molar-refractivity contribution in [2.75, 3.05) is 6.26 Å². The van der Waals surface area contributed by atoms with Crippen LogP contribution in [-0.2, 0) is 17.2 Å². The second-order valence-electron chi connectivity index (χ2n) is 4.74. The van der Waals surface area contributed by atoms with Crippen molar-refractivity contribution >= 4 is 33.3 Å². The Morgan fingerprint density at radius 3 is 2.48 bits per heavy atom. The molecule has 0 atom stereocenters. The highest BCUT2D eigenvalue weighted by Crippen LogP contribution is 2.29. The quantitative estimate of drug-likeness (QED) is 0.203. The smallest absolute Gasteiger partial charge is 0.273 e. The van der Waals surface area contributed by atoms with Gasteiger partial charge in [0.15, 0.2) is 0 Å². The number of hydrogen-bond acceptors (Lipinski definition) is 6. The van der Waals surface area contributed by atoms with Crippen molar-refractivity contribution in [2.45, 2.75) is 6.92 Å². The highest BCUT2D eigenvalue weighted by molar-refractivity contribution is 7.85. The minimum Gasteiger partial charge on any atom is -0.506 e. The number of aryl methyl sites for hydroxylation is 2. The lowest BCUT2D eigenvalue weighted by atomic mass is 10.1. The standard InChI is InChI=1S/C12H14N4O2.CH4O3S/c1-7-3-4-10(17)11-8(7)5-9(16(11)2)12(18)14-6-15-13;1-5(2,3)4/h3-6,17H,13H2,1-2H3,(H,14,15,18);1H3,(H,2,3,4). The second-order valence-corrected chi connectivity index (χ2v) is 6.20. The Morgan fingerprint density at radius 2 is 2.00 bits per heavy atom. The third-order valence-electron chi connectivity index (χ3n) is 2.89. The van der Waals surface area contributed by atoms with Gasteiger partial charge in [-0.3, -0.25) is 9.35 Å². The lowest BCUT2D eigenvalue weighted by Gasteiger charge is -2.04. The zero-order chi connectivity index (χ0) is 17.8. The Bertz CT molecular complexity index is 847. The molecule has 0 spiro atoms. The minimum atomic E-state index is -3.67. The van der Waals surface area contributed by atoms with Gasteiger partial charge in [0.2, 0.25) is 0 Å². The molecule has 126 valence electrons. The van der Waals surface area contributed by atoms with E-state index in [0.717, 1.165) is 17.3 Å². The summed E-state index contributed by atoms with van der Waals surface area (Å²) in [7, 11) is -1.95. The molecule has 1 amide bonds. The Labute approximate surface area is 133 Å². The van der Waals surface area contributed by atoms with Crippen LogP contribution in [-0.4, -0.2) is 41.1 Å². The van der Waals surface area contributed by atoms with Crippen LogP contribution in [0.25, 0.3) is 10.9 Å². The van der Waals surface area contributed by atoms with Gasteiger partial charge in [0.1, 0.15) is 17.8 Å². The molecule has 0 fully saturated rings. The molecular weight excluding hydrogens is 324 g/mol. The van der Waals surface area contributed by atoms with Crippen LogP contribution in [0.2, 0.25) is 0 Å². The summed E-state index contributed by atoms with van der Waals surface area (Å²) in [6.07, 6.45) is 1.83. The number of aromatic nitrogens is 1. The average Bonchev–Trinajstić information content (AvgIpc) is 2.78. The van der Waals surface area contributed by atoms with Crippen molar-refractivity contribution in [3.8, 4) is 5.75 Å². The van der Waals surface area contributed by atoms with E-state index in [1.54, 1.807) is 29.8 Å². The molecular formula is C13H18N4O5S. The van der Waals surface area contributed by atoms with Gasteiger partial charge in [-0.25, -0.2) is 0 Å². The summed E-state index contributed by atoms with van der Waals surface area (Å²) in [6, 6.07) is 5.14. The van der Waals surface area contributed by atoms with Gasteiger partial charge in [-0.2, -0.15) is 13.5 Å². The molecule has 0 aliphatic rings. The van der Waals surface area contributed by atoms with Crippen molar-refractivity contribution in [3.05, 3.63) is 29.5 Å². The molecule has 9 nitrogen and oxygen atoms in total. The lowest BCUT2D eigenvalue weighted by molar-refractivity contribution is 0.0971. The average molecular weight is 342 g/mol. The predicted molar refractivity (Wildman–Crippen MR) is 86.9 cm³/mol. The number of hydrogen-bond donors (Lipinski definition) is 4. The molecule has 0 aliphatic carbocycles. The highest BCUT2D eigenvalue weighted by Gasteiger charge is 2.15. The summed E-state index contributed by atoms with van der Waals surface area (Å²) in [5.74, 6) is 4.74. The van der Waals surface area contributed by atoms with E-state index in [1.165, 1.54) is 0 Å². The number of nitrogens with zero attached hydrogens (tertiary/aromatic N) is 2. The first kappa shape index (κ1) is 18.5. The predicted octanol–water partition coefficient (Wildman–Crippen LogP) is 0.328. The normalized spacial score (nSPS) is 11.3. The number of phenolic OH excluding ortho intramolecular Hbond substituents is 1. The zero-order valence-corrected chi connectivity index (χ0v) is 13.6. The number of hydrazone groups is 1. The largest absolute Gasteiger partial charge is 0.506 e. The third-order valence-corrected chi connectivity index (χ3v) is 2.89. The number of carbonyl (C=O) groups excluding carboxylic acids is 1. The zero-order valence-electron chi connectivity index (χ0n) is 12.8. The maximum absolute atomic E-state index is 11.9. The fourth-order valence-electron chi connectivity index (χ4n) is 1.97. The molecule has 0 saturated carbocycles. The van der Waals surface area contributed by atoms with Gasteiger partial charge in [0.05, 0.1) is 11.8 Å². The first-order chi connectivity index (χ1) is 10.6.